The number of halogens is 5. The number of fused-ring (bicyclic) bond motifs is 6. The molecule has 2 bridgehead atoms. The number of carbonyl (C=O) groups is 2. The summed E-state index contributed by atoms with van der Waals surface area (Å²) in [6.45, 7) is -1.08. The molecular formula is C23H14F5N3O5. The maximum atomic E-state index is 13.9. The van der Waals surface area contributed by atoms with E-state index in [-0.39, 0.29) is 24.6 Å². The van der Waals surface area contributed by atoms with Gasteiger partial charge in [-0.25, -0.2) is 22.0 Å². The zero-order chi connectivity index (χ0) is 25.9. The number of ether oxygens (including phenoxy) is 1. The van der Waals surface area contributed by atoms with Crippen molar-refractivity contribution in [3.63, 3.8) is 0 Å². The Morgan fingerprint density at radius 1 is 1.03 bits per heavy atom. The van der Waals surface area contributed by atoms with Crippen molar-refractivity contribution in [2.75, 3.05) is 18.1 Å². The van der Waals surface area contributed by atoms with Gasteiger partial charge in [-0.2, -0.15) is 0 Å². The maximum Gasteiger partial charge on any atom is 0.279 e. The molecule has 0 fully saturated rings. The van der Waals surface area contributed by atoms with Crippen molar-refractivity contribution in [2.45, 2.75) is 12.6 Å². The van der Waals surface area contributed by atoms with Crippen molar-refractivity contribution in [1.29, 1.82) is 0 Å². The Hall–Kier alpha value is -4.42. The number of amides is 2. The van der Waals surface area contributed by atoms with E-state index in [9.17, 15) is 41.4 Å². The molecular weight excluding hydrogens is 493 g/mol. The highest BCUT2D eigenvalue weighted by Crippen LogP contribution is 2.39. The summed E-state index contributed by atoms with van der Waals surface area (Å²) in [7, 11) is 0. The zero-order valence-electron chi connectivity index (χ0n) is 17.9. The third kappa shape index (κ3) is 3.63. The van der Waals surface area contributed by atoms with Gasteiger partial charge in [0.1, 0.15) is 35.4 Å². The summed E-state index contributed by atoms with van der Waals surface area (Å²) in [5.41, 5.74) is -3.18. The molecule has 3 aromatic rings. The molecule has 1 aromatic heterocycles. The van der Waals surface area contributed by atoms with Crippen molar-refractivity contribution in [3.05, 3.63) is 86.6 Å². The molecule has 0 aliphatic carbocycles. The third-order valence-electron chi connectivity index (χ3n) is 5.94. The van der Waals surface area contributed by atoms with E-state index in [0.29, 0.717) is 12.1 Å². The molecule has 0 saturated carbocycles. The summed E-state index contributed by atoms with van der Waals surface area (Å²) in [6, 6.07) is 1.57. The van der Waals surface area contributed by atoms with Crippen LogP contribution in [-0.2, 0) is 6.54 Å². The Labute approximate surface area is 198 Å². The topological polar surface area (TPSA) is 101 Å². The van der Waals surface area contributed by atoms with Crippen molar-refractivity contribution >= 4 is 17.5 Å². The Balaban J connectivity index is 1.51. The van der Waals surface area contributed by atoms with Gasteiger partial charge in [0.2, 0.25) is 5.43 Å². The number of nitrogens with one attached hydrogen (secondary N) is 1. The molecule has 1 unspecified atom stereocenters. The lowest BCUT2D eigenvalue weighted by Crippen LogP contribution is -2.45. The minimum absolute atomic E-state index is 0.107. The molecule has 2 aliphatic heterocycles. The monoisotopic (exact) mass is 507 g/mol. The van der Waals surface area contributed by atoms with Crippen LogP contribution < -0.4 is 20.4 Å². The van der Waals surface area contributed by atoms with Crippen LogP contribution in [0.3, 0.4) is 0 Å². The smallest absolute Gasteiger partial charge is 0.279 e. The average Bonchev–Trinajstić information content (AvgIpc) is 2.97. The Morgan fingerprint density at radius 2 is 1.69 bits per heavy atom. The van der Waals surface area contributed by atoms with Crippen LogP contribution in [0.2, 0.25) is 0 Å². The van der Waals surface area contributed by atoms with Gasteiger partial charge in [-0.1, -0.05) is 0 Å². The minimum Gasteiger partial charge on any atom is -0.503 e. The standard InChI is InChI=1S/C23H14F5N3O5/c24-9-1-13(25)11(14(26)2-9)5-29-22(34)12-7-30-10-6-31(23(35)19(30)21(33)20(12)32)17-3-15(27)16(28)4-18(17)36-8-10/h1-4,7,10,33H,5-6,8H2,(H,29,34). The van der Waals surface area contributed by atoms with Gasteiger partial charge in [-0.05, 0) is 0 Å². The summed E-state index contributed by atoms with van der Waals surface area (Å²) in [5.74, 6) is -9.41. The fraction of sp³-hybridized carbons (Fsp3) is 0.174. The van der Waals surface area contributed by atoms with Gasteiger partial charge >= 0.3 is 0 Å². The van der Waals surface area contributed by atoms with Gasteiger partial charge in [-0.15, -0.1) is 0 Å². The van der Waals surface area contributed by atoms with E-state index >= 15 is 0 Å². The van der Waals surface area contributed by atoms with Gasteiger partial charge in [0, 0.05) is 42.6 Å². The Kier molecular flexibility index (Phi) is 5.42. The third-order valence-corrected chi connectivity index (χ3v) is 5.94. The largest absolute Gasteiger partial charge is 0.503 e. The summed E-state index contributed by atoms with van der Waals surface area (Å²) in [5, 5.41) is 12.7. The molecule has 3 heterocycles. The van der Waals surface area contributed by atoms with Crippen molar-refractivity contribution in [3.8, 4) is 11.5 Å². The minimum atomic E-state index is -1.26. The fourth-order valence-electron chi connectivity index (χ4n) is 4.17. The predicted octanol–water partition coefficient (Wildman–Crippen LogP) is 2.77. The average molecular weight is 507 g/mol. The molecule has 2 aromatic carbocycles. The lowest BCUT2D eigenvalue weighted by atomic mass is 10.1. The molecule has 2 amide bonds. The molecule has 13 heteroatoms. The molecule has 0 radical (unpaired) electrons. The van der Waals surface area contributed by atoms with E-state index in [1.807, 2.05) is 0 Å². The molecule has 5 rings (SSSR count). The van der Waals surface area contributed by atoms with Crippen LogP contribution in [0.5, 0.6) is 11.5 Å². The van der Waals surface area contributed by atoms with Crippen molar-refractivity contribution in [2.24, 2.45) is 0 Å². The first kappa shape index (κ1) is 23.3. The second-order valence-electron chi connectivity index (χ2n) is 8.12. The second kappa shape index (κ2) is 8.36. The second-order valence-corrected chi connectivity index (χ2v) is 8.12. The number of nitrogens with zero attached hydrogens (tertiary/aromatic N) is 2. The quantitative estimate of drug-likeness (QED) is 0.532. The highest BCUT2D eigenvalue weighted by atomic mass is 19.2. The van der Waals surface area contributed by atoms with Crippen LogP contribution in [0.25, 0.3) is 0 Å². The number of carbonyl (C=O) groups excluding carboxylic acids is 2. The zero-order valence-corrected chi connectivity index (χ0v) is 17.9. The highest BCUT2D eigenvalue weighted by Gasteiger charge is 2.40. The van der Waals surface area contributed by atoms with E-state index in [1.54, 1.807) is 0 Å². The van der Waals surface area contributed by atoms with Gasteiger partial charge in [0.05, 0.1) is 18.3 Å². The molecule has 1 atom stereocenters. The van der Waals surface area contributed by atoms with E-state index in [0.717, 1.165) is 27.8 Å². The van der Waals surface area contributed by atoms with Crippen LogP contribution >= 0.6 is 0 Å². The number of aromatic hydroxyl groups is 1. The lowest BCUT2D eigenvalue weighted by Gasteiger charge is -2.33. The molecule has 2 N–H and O–H groups in total. The molecule has 8 nitrogen and oxygen atoms in total. The first-order valence-corrected chi connectivity index (χ1v) is 10.4. The van der Waals surface area contributed by atoms with Crippen LogP contribution in [0, 0.1) is 29.1 Å². The van der Waals surface area contributed by atoms with Gasteiger partial charge in [0.25, 0.3) is 11.8 Å². The first-order valence-electron chi connectivity index (χ1n) is 10.4. The van der Waals surface area contributed by atoms with Crippen LogP contribution in [0.1, 0.15) is 32.5 Å². The first-order chi connectivity index (χ1) is 17.1. The molecule has 186 valence electrons. The van der Waals surface area contributed by atoms with E-state index < -0.39 is 81.5 Å². The van der Waals surface area contributed by atoms with Crippen molar-refractivity contribution < 1.29 is 41.4 Å². The SMILES string of the molecule is O=C(NCc1c(F)cc(F)cc1F)c1cn2c(c(O)c1=O)C(=O)N1CC2COc2cc(F)c(F)cc21. The molecule has 2 aliphatic rings. The van der Waals surface area contributed by atoms with Crippen LogP contribution in [0.15, 0.2) is 35.3 Å². The Bertz CT molecular complexity index is 1500. The maximum absolute atomic E-state index is 13.9. The molecule has 0 spiro atoms. The fourth-order valence-corrected chi connectivity index (χ4v) is 4.17. The normalized spacial score (nSPS) is 16.1. The van der Waals surface area contributed by atoms with Crippen molar-refractivity contribution in [1.82, 2.24) is 9.88 Å². The van der Waals surface area contributed by atoms with Gasteiger partial charge in [-0.3, -0.25) is 14.4 Å². The van der Waals surface area contributed by atoms with Gasteiger partial charge < -0.3 is 24.6 Å². The number of benzene rings is 2. The van der Waals surface area contributed by atoms with E-state index in [2.05, 4.69) is 5.32 Å². The molecule has 0 saturated heterocycles. The number of aromatic nitrogens is 1. The number of hydrogen-bond acceptors (Lipinski definition) is 5. The lowest BCUT2D eigenvalue weighted by molar-refractivity contribution is 0.0926. The number of pyridine rings is 1. The van der Waals surface area contributed by atoms with E-state index in [1.165, 1.54) is 0 Å². The van der Waals surface area contributed by atoms with Crippen LogP contribution in [0.4, 0.5) is 27.6 Å². The number of anilines is 1. The Morgan fingerprint density at radius 3 is 2.39 bits per heavy atom. The molecule has 36 heavy (non-hydrogen) atoms. The summed E-state index contributed by atoms with van der Waals surface area (Å²) in [6.07, 6.45) is 0.977. The summed E-state index contributed by atoms with van der Waals surface area (Å²) >= 11 is 0. The highest BCUT2D eigenvalue weighted by molar-refractivity contribution is 6.09. The summed E-state index contributed by atoms with van der Waals surface area (Å²) in [4.78, 5) is 39.6. The van der Waals surface area contributed by atoms with Gasteiger partial charge in [0.15, 0.2) is 23.1 Å². The predicted molar refractivity (Wildman–Crippen MR) is 112 cm³/mol. The number of hydrogen-bond donors (Lipinski definition) is 2. The summed E-state index contributed by atoms with van der Waals surface area (Å²) < 4.78 is 75.1. The van der Waals surface area contributed by atoms with Crippen LogP contribution in [-0.4, -0.2) is 34.6 Å². The number of rotatable bonds is 3. The van der Waals surface area contributed by atoms with E-state index in [4.69, 9.17) is 4.74 Å².